The second-order valence-corrected chi connectivity index (χ2v) is 3.53. The highest BCUT2D eigenvalue weighted by Crippen LogP contribution is 2.19. The molecule has 1 rings (SSSR count). The van der Waals surface area contributed by atoms with Crippen LogP contribution in [0.25, 0.3) is 0 Å². The van der Waals surface area contributed by atoms with E-state index < -0.39 is 0 Å². The van der Waals surface area contributed by atoms with Crippen molar-refractivity contribution in [2.24, 2.45) is 11.5 Å². The Morgan fingerprint density at radius 1 is 1.55 bits per heavy atom. The van der Waals surface area contributed by atoms with Crippen molar-refractivity contribution in [3.05, 3.63) is 22.4 Å². The summed E-state index contributed by atoms with van der Waals surface area (Å²) in [7, 11) is 0. The molecule has 62 valence electrons. The van der Waals surface area contributed by atoms with Gasteiger partial charge in [0.15, 0.2) is 0 Å². The Bertz CT molecular complexity index is 184. The van der Waals surface area contributed by atoms with Crippen LogP contribution >= 0.6 is 11.3 Å². The summed E-state index contributed by atoms with van der Waals surface area (Å²) >= 11 is 1.72. The largest absolute Gasteiger partial charge is 0.330 e. The first-order valence-electron chi connectivity index (χ1n) is 3.83. The summed E-state index contributed by atoms with van der Waals surface area (Å²) in [6, 6.07) is 4.30. The lowest BCUT2D eigenvalue weighted by molar-refractivity contribution is 0.626. The van der Waals surface area contributed by atoms with Gasteiger partial charge in [-0.15, -0.1) is 11.3 Å². The Morgan fingerprint density at radius 2 is 2.36 bits per heavy atom. The topological polar surface area (TPSA) is 52.0 Å². The van der Waals surface area contributed by atoms with Crippen LogP contribution in [0.15, 0.2) is 17.5 Å². The molecular formula is C8H14N2S. The van der Waals surface area contributed by atoms with Crippen LogP contribution < -0.4 is 11.5 Å². The molecular weight excluding hydrogens is 156 g/mol. The summed E-state index contributed by atoms with van der Waals surface area (Å²) in [5.74, 6) is 0. The van der Waals surface area contributed by atoms with Gasteiger partial charge in [-0.1, -0.05) is 6.07 Å². The molecule has 0 spiro atoms. The molecule has 0 saturated carbocycles. The zero-order valence-electron chi connectivity index (χ0n) is 6.49. The smallest absolute Gasteiger partial charge is 0.0390 e. The fourth-order valence-electron chi connectivity index (χ4n) is 0.982. The monoisotopic (exact) mass is 170 g/mol. The number of nitrogens with two attached hydrogens (primary N) is 2. The molecule has 1 aromatic heterocycles. The van der Waals surface area contributed by atoms with E-state index in [0.717, 1.165) is 19.4 Å². The van der Waals surface area contributed by atoms with Crippen molar-refractivity contribution in [2.45, 2.75) is 18.9 Å². The maximum absolute atomic E-state index is 5.88. The number of thiophene rings is 1. The van der Waals surface area contributed by atoms with E-state index in [1.165, 1.54) is 4.88 Å². The molecule has 1 heterocycles. The van der Waals surface area contributed by atoms with E-state index in [4.69, 9.17) is 11.5 Å². The molecule has 0 aromatic carbocycles. The van der Waals surface area contributed by atoms with Gasteiger partial charge in [0.2, 0.25) is 0 Å². The summed E-state index contributed by atoms with van der Waals surface area (Å²) in [4.78, 5) is 1.26. The Labute approximate surface area is 71.2 Å². The molecule has 4 N–H and O–H groups in total. The van der Waals surface area contributed by atoms with Gasteiger partial charge >= 0.3 is 0 Å². The highest BCUT2D eigenvalue weighted by molar-refractivity contribution is 7.10. The molecule has 0 bridgehead atoms. The third kappa shape index (κ3) is 2.61. The second kappa shape index (κ2) is 4.49. The van der Waals surface area contributed by atoms with Gasteiger partial charge in [0.1, 0.15) is 0 Å². The van der Waals surface area contributed by atoms with Gasteiger partial charge in [0, 0.05) is 10.9 Å². The number of rotatable bonds is 4. The standard InChI is InChI=1S/C8H14N2S/c9-5-1-3-7(10)8-4-2-6-11-8/h2,4,6-7H,1,3,5,9-10H2/t7-/m0/s1. The van der Waals surface area contributed by atoms with Crippen LogP contribution in [0.1, 0.15) is 23.8 Å². The first kappa shape index (κ1) is 8.71. The fourth-order valence-corrected chi connectivity index (χ4v) is 1.75. The molecule has 0 saturated heterocycles. The van der Waals surface area contributed by atoms with Crippen LogP contribution in [0.5, 0.6) is 0 Å². The lowest BCUT2D eigenvalue weighted by Gasteiger charge is -2.06. The van der Waals surface area contributed by atoms with Gasteiger partial charge in [0.25, 0.3) is 0 Å². The minimum absolute atomic E-state index is 0.193. The van der Waals surface area contributed by atoms with Gasteiger partial charge in [-0.05, 0) is 30.8 Å². The summed E-state index contributed by atoms with van der Waals surface area (Å²) in [5, 5.41) is 2.05. The molecule has 0 amide bonds. The molecule has 11 heavy (non-hydrogen) atoms. The Kier molecular flexibility index (Phi) is 3.56. The van der Waals surface area contributed by atoms with Crippen LogP contribution in [0.3, 0.4) is 0 Å². The molecule has 0 radical (unpaired) electrons. The molecule has 0 fully saturated rings. The number of hydrogen-bond acceptors (Lipinski definition) is 3. The number of hydrogen-bond donors (Lipinski definition) is 2. The minimum Gasteiger partial charge on any atom is -0.330 e. The zero-order valence-corrected chi connectivity index (χ0v) is 7.31. The first-order valence-corrected chi connectivity index (χ1v) is 4.71. The van der Waals surface area contributed by atoms with Crippen molar-refractivity contribution in [3.8, 4) is 0 Å². The molecule has 0 aliphatic carbocycles. The van der Waals surface area contributed by atoms with Gasteiger partial charge in [-0.3, -0.25) is 0 Å². The Balaban J connectivity index is 2.36. The van der Waals surface area contributed by atoms with Gasteiger partial charge in [-0.25, -0.2) is 0 Å². The van der Waals surface area contributed by atoms with E-state index in [1.807, 2.05) is 6.07 Å². The van der Waals surface area contributed by atoms with Crippen LogP contribution in [0.2, 0.25) is 0 Å². The van der Waals surface area contributed by atoms with Crippen LogP contribution in [-0.4, -0.2) is 6.54 Å². The minimum atomic E-state index is 0.193. The lowest BCUT2D eigenvalue weighted by atomic mass is 10.1. The van der Waals surface area contributed by atoms with E-state index in [1.54, 1.807) is 11.3 Å². The molecule has 2 nitrogen and oxygen atoms in total. The average molecular weight is 170 g/mol. The lowest BCUT2D eigenvalue weighted by Crippen LogP contribution is -2.10. The van der Waals surface area contributed by atoms with E-state index in [0.29, 0.717) is 0 Å². The molecule has 0 unspecified atom stereocenters. The second-order valence-electron chi connectivity index (χ2n) is 2.55. The average Bonchev–Trinajstić information content (AvgIpc) is 2.52. The highest BCUT2D eigenvalue weighted by atomic mass is 32.1. The molecule has 1 aromatic rings. The maximum Gasteiger partial charge on any atom is 0.0390 e. The molecule has 0 aliphatic rings. The SMILES string of the molecule is NCCC[C@H](N)c1cccs1. The molecule has 1 atom stereocenters. The van der Waals surface area contributed by atoms with E-state index >= 15 is 0 Å². The third-order valence-electron chi connectivity index (χ3n) is 1.63. The van der Waals surface area contributed by atoms with Crippen molar-refractivity contribution < 1.29 is 0 Å². The maximum atomic E-state index is 5.88. The quantitative estimate of drug-likeness (QED) is 0.719. The summed E-state index contributed by atoms with van der Waals surface area (Å²) < 4.78 is 0. The third-order valence-corrected chi connectivity index (χ3v) is 2.63. The predicted molar refractivity (Wildman–Crippen MR) is 49.5 cm³/mol. The summed E-state index contributed by atoms with van der Waals surface area (Å²) in [6.45, 7) is 0.735. The normalized spacial score (nSPS) is 13.3. The van der Waals surface area contributed by atoms with Crippen LogP contribution in [0.4, 0.5) is 0 Å². The van der Waals surface area contributed by atoms with Gasteiger partial charge in [-0.2, -0.15) is 0 Å². The van der Waals surface area contributed by atoms with Crippen molar-refractivity contribution in [1.29, 1.82) is 0 Å². The van der Waals surface area contributed by atoms with E-state index in [2.05, 4.69) is 11.4 Å². The molecule has 0 aliphatic heterocycles. The van der Waals surface area contributed by atoms with Crippen molar-refractivity contribution >= 4 is 11.3 Å². The summed E-state index contributed by atoms with van der Waals surface area (Å²) in [6.07, 6.45) is 2.01. The van der Waals surface area contributed by atoms with Crippen molar-refractivity contribution in [1.82, 2.24) is 0 Å². The van der Waals surface area contributed by atoms with Gasteiger partial charge < -0.3 is 11.5 Å². The van der Waals surface area contributed by atoms with Gasteiger partial charge in [0.05, 0.1) is 0 Å². The van der Waals surface area contributed by atoms with E-state index in [9.17, 15) is 0 Å². The highest BCUT2D eigenvalue weighted by Gasteiger charge is 2.04. The Morgan fingerprint density at radius 3 is 2.91 bits per heavy atom. The summed E-state index contributed by atoms with van der Waals surface area (Å²) in [5.41, 5.74) is 11.3. The molecule has 3 heteroatoms. The fraction of sp³-hybridized carbons (Fsp3) is 0.500. The Hall–Kier alpha value is -0.380. The van der Waals surface area contributed by atoms with Crippen LogP contribution in [0, 0.1) is 0 Å². The zero-order chi connectivity index (χ0) is 8.10. The van der Waals surface area contributed by atoms with E-state index in [-0.39, 0.29) is 6.04 Å². The predicted octanol–water partition coefficient (Wildman–Crippen LogP) is 1.49. The van der Waals surface area contributed by atoms with Crippen LogP contribution in [-0.2, 0) is 0 Å². The van der Waals surface area contributed by atoms with Crippen molar-refractivity contribution in [2.75, 3.05) is 6.54 Å². The van der Waals surface area contributed by atoms with Crippen molar-refractivity contribution in [3.63, 3.8) is 0 Å². The first-order chi connectivity index (χ1) is 5.34.